The van der Waals surface area contributed by atoms with Crippen LogP contribution in [0.25, 0.3) is 0 Å². The third-order valence-corrected chi connectivity index (χ3v) is 6.04. The molecule has 6 heteroatoms. The molecule has 4 fully saturated rings. The molecule has 0 radical (unpaired) electrons. The number of benzene rings is 1. The zero-order valence-corrected chi connectivity index (χ0v) is 12.8. The first-order valence-corrected chi connectivity index (χ1v) is 8.12. The number of halogens is 3. The van der Waals surface area contributed by atoms with Gasteiger partial charge in [-0.2, -0.15) is 13.2 Å². The quantitative estimate of drug-likeness (QED) is 0.803. The Kier molecular flexibility index (Phi) is 2.92. The number of hydrogen-bond acceptors (Lipinski definition) is 3. The van der Waals surface area contributed by atoms with E-state index in [1.54, 1.807) is 18.2 Å². The molecule has 0 saturated heterocycles. The van der Waals surface area contributed by atoms with Crippen molar-refractivity contribution >= 4 is 11.4 Å². The van der Waals surface area contributed by atoms with Gasteiger partial charge in [-0.3, -0.25) is 0 Å². The minimum atomic E-state index is -4.17. The highest BCUT2D eigenvalue weighted by Crippen LogP contribution is 2.67. The number of alkyl halides is 3. The lowest BCUT2D eigenvalue weighted by molar-refractivity contribution is -0.293. The van der Waals surface area contributed by atoms with E-state index in [9.17, 15) is 13.2 Å². The fraction of sp³-hybridized carbons (Fsp3) is 0.647. The fourth-order valence-corrected chi connectivity index (χ4v) is 5.51. The summed E-state index contributed by atoms with van der Waals surface area (Å²) in [5.74, 6) is 0.615. The second-order valence-electron chi connectivity index (χ2n) is 7.78. The summed E-state index contributed by atoms with van der Waals surface area (Å²) in [4.78, 5) is 0. The van der Waals surface area contributed by atoms with Crippen LogP contribution in [-0.2, 0) is 0 Å². The molecule has 5 rings (SSSR count). The van der Waals surface area contributed by atoms with Crippen molar-refractivity contribution in [3.8, 4) is 5.75 Å². The van der Waals surface area contributed by atoms with Crippen LogP contribution in [0, 0.1) is 17.3 Å². The van der Waals surface area contributed by atoms with E-state index in [1.807, 2.05) is 0 Å². The van der Waals surface area contributed by atoms with Crippen molar-refractivity contribution in [1.82, 2.24) is 0 Å². The van der Waals surface area contributed by atoms with Crippen LogP contribution in [0.3, 0.4) is 0 Å². The number of anilines is 2. The number of para-hydroxylation sites is 1. The first-order chi connectivity index (χ1) is 10.7. The Labute approximate surface area is 133 Å². The molecule has 2 unspecified atom stereocenters. The molecule has 2 atom stereocenters. The van der Waals surface area contributed by atoms with Crippen LogP contribution in [0.4, 0.5) is 24.5 Å². The van der Waals surface area contributed by atoms with Gasteiger partial charge in [0.05, 0.1) is 16.8 Å². The molecule has 0 spiro atoms. The Morgan fingerprint density at radius 1 is 1.04 bits per heavy atom. The molecule has 126 valence electrons. The Bertz CT molecular complexity index is 629. The maximum absolute atomic E-state index is 13.7. The minimum Gasteiger partial charge on any atom is -0.485 e. The normalized spacial score (nSPS) is 38.7. The van der Waals surface area contributed by atoms with Crippen molar-refractivity contribution in [2.75, 3.05) is 11.5 Å². The van der Waals surface area contributed by atoms with E-state index < -0.39 is 17.2 Å². The van der Waals surface area contributed by atoms with E-state index in [4.69, 9.17) is 16.2 Å². The summed E-state index contributed by atoms with van der Waals surface area (Å²) in [6.45, 7) is 0. The van der Waals surface area contributed by atoms with E-state index in [0.717, 1.165) is 6.42 Å². The number of rotatable bonds is 2. The van der Waals surface area contributed by atoms with Crippen molar-refractivity contribution in [2.45, 2.75) is 50.3 Å². The topological polar surface area (TPSA) is 61.3 Å². The summed E-state index contributed by atoms with van der Waals surface area (Å²) in [6.07, 6.45) is -1.33. The Balaban J connectivity index is 1.70. The van der Waals surface area contributed by atoms with Crippen molar-refractivity contribution in [3.63, 3.8) is 0 Å². The van der Waals surface area contributed by atoms with Gasteiger partial charge in [0.25, 0.3) is 0 Å². The smallest absolute Gasteiger partial charge is 0.394 e. The Morgan fingerprint density at radius 2 is 1.70 bits per heavy atom. The zero-order valence-electron chi connectivity index (χ0n) is 12.8. The summed E-state index contributed by atoms with van der Waals surface area (Å²) in [5.41, 5.74) is 10.2. The molecule has 1 aromatic carbocycles. The van der Waals surface area contributed by atoms with Crippen molar-refractivity contribution in [1.29, 1.82) is 0 Å². The van der Waals surface area contributed by atoms with Crippen LogP contribution in [0.1, 0.15) is 38.5 Å². The molecular formula is C17H21F3N2O. The molecule has 4 bridgehead atoms. The number of nitrogen functional groups attached to an aromatic ring is 2. The van der Waals surface area contributed by atoms with Crippen LogP contribution in [0.5, 0.6) is 5.75 Å². The first kappa shape index (κ1) is 15.0. The van der Waals surface area contributed by atoms with Crippen LogP contribution in [-0.4, -0.2) is 11.8 Å². The average molecular weight is 326 g/mol. The average Bonchev–Trinajstić information content (AvgIpc) is 2.41. The van der Waals surface area contributed by atoms with Crippen LogP contribution < -0.4 is 16.2 Å². The van der Waals surface area contributed by atoms with Gasteiger partial charge >= 0.3 is 6.18 Å². The highest BCUT2D eigenvalue weighted by molar-refractivity contribution is 5.70. The second-order valence-corrected chi connectivity index (χ2v) is 7.78. The van der Waals surface area contributed by atoms with Gasteiger partial charge < -0.3 is 16.2 Å². The highest BCUT2D eigenvalue weighted by atomic mass is 19.4. The predicted octanol–water partition coefficient (Wildman–Crippen LogP) is 4.13. The summed E-state index contributed by atoms with van der Waals surface area (Å²) < 4.78 is 47.4. The number of ether oxygens (including phenoxy) is 1. The third-order valence-electron chi connectivity index (χ3n) is 6.04. The number of nitrogens with two attached hydrogens (primary N) is 2. The number of hydrogen-bond donors (Lipinski definition) is 2. The molecular weight excluding hydrogens is 305 g/mol. The van der Waals surface area contributed by atoms with Crippen molar-refractivity contribution < 1.29 is 17.9 Å². The van der Waals surface area contributed by atoms with E-state index in [0.29, 0.717) is 30.0 Å². The van der Waals surface area contributed by atoms with Crippen LogP contribution >= 0.6 is 0 Å². The van der Waals surface area contributed by atoms with E-state index in [1.165, 1.54) is 0 Å². The van der Waals surface area contributed by atoms with Crippen molar-refractivity contribution in [3.05, 3.63) is 18.2 Å². The van der Waals surface area contributed by atoms with E-state index in [-0.39, 0.29) is 31.1 Å². The highest BCUT2D eigenvalue weighted by Gasteiger charge is 2.68. The minimum absolute atomic E-state index is 0.0464. The molecule has 1 aromatic rings. The molecule has 4 aliphatic rings. The Hall–Kier alpha value is -1.59. The maximum atomic E-state index is 13.7. The maximum Gasteiger partial charge on any atom is 0.394 e. The van der Waals surface area contributed by atoms with Gasteiger partial charge in [-0.15, -0.1) is 0 Å². The molecule has 0 aromatic heterocycles. The molecule has 0 heterocycles. The summed E-state index contributed by atoms with van der Waals surface area (Å²) in [5, 5.41) is 0. The standard InChI is InChI=1S/C17H21F3N2O/c18-17(19,20)15-5-10-4-11(6-15)8-16(7-10,9-15)23-13-3-1-2-12(21)14(13)22/h1-3,10-11H,4-9,21-22H2. The largest absolute Gasteiger partial charge is 0.485 e. The van der Waals surface area contributed by atoms with E-state index >= 15 is 0 Å². The molecule has 0 amide bonds. The summed E-state index contributed by atoms with van der Waals surface area (Å²) >= 11 is 0. The van der Waals surface area contributed by atoms with Gasteiger partial charge in [0.1, 0.15) is 11.4 Å². The SMILES string of the molecule is Nc1cccc(OC23CC4CC(C2)CC(C(F)(F)F)(C4)C3)c1N. The van der Waals surface area contributed by atoms with Crippen LogP contribution in [0.15, 0.2) is 18.2 Å². The molecule has 3 nitrogen and oxygen atoms in total. The summed E-state index contributed by atoms with van der Waals surface area (Å²) in [7, 11) is 0. The fourth-order valence-electron chi connectivity index (χ4n) is 5.51. The van der Waals surface area contributed by atoms with Gasteiger partial charge in [-0.05, 0) is 56.1 Å². The van der Waals surface area contributed by atoms with E-state index in [2.05, 4.69) is 0 Å². The molecule has 4 saturated carbocycles. The molecule has 4 N–H and O–H groups in total. The van der Waals surface area contributed by atoms with Gasteiger partial charge in [-0.1, -0.05) is 6.07 Å². The lowest BCUT2D eigenvalue weighted by Gasteiger charge is -2.61. The third kappa shape index (κ3) is 2.17. The lowest BCUT2D eigenvalue weighted by atomic mass is 9.47. The van der Waals surface area contributed by atoms with Gasteiger partial charge in [0.2, 0.25) is 0 Å². The Morgan fingerprint density at radius 3 is 2.30 bits per heavy atom. The predicted molar refractivity (Wildman–Crippen MR) is 81.8 cm³/mol. The van der Waals surface area contributed by atoms with Gasteiger partial charge in [-0.25, -0.2) is 0 Å². The summed E-state index contributed by atoms with van der Waals surface area (Å²) in [6, 6.07) is 5.09. The monoisotopic (exact) mass is 326 g/mol. The molecule has 23 heavy (non-hydrogen) atoms. The lowest BCUT2D eigenvalue weighted by Crippen LogP contribution is -2.62. The van der Waals surface area contributed by atoms with Gasteiger partial charge in [0.15, 0.2) is 0 Å². The first-order valence-electron chi connectivity index (χ1n) is 8.12. The zero-order chi connectivity index (χ0) is 16.5. The van der Waals surface area contributed by atoms with Gasteiger partial charge in [0, 0.05) is 6.42 Å². The van der Waals surface area contributed by atoms with Crippen molar-refractivity contribution in [2.24, 2.45) is 17.3 Å². The molecule has 0 aliphatic heterocycles. The van der Waals surface area contributed by atoms with Crippen LogP contribution in [0.2, 0.25) is 0 Å². The molecule has 4 aliphatic carbocycles. The second kappa shape index (κ2) is 4.48.